The Kier molecular flexibility index (Phi) is 7.18. The smallest absolute Gasteiger partial charge is 0.206 e. The van der Waals surface area contributed by atoms with Crippen molar-refractivity contribution in [2.75, 3.05) is 18.1 Å². The molecule has 44 heavy (non-hydrogen) atoms. The SMILES string of the molecule is CCCCCCn1c2ccccc2c2cc(C=CC34OCCN3c3ccc(S(=O)(=O)c5ccccc5)cc3C4(C)C)ccc21. The number of aromatic nitrogens is 1. The second-order valence-electron chi connectivity index (χ2n) is 12.7. The first-order valence-electron chi connectivity index (χ1n) is 15.8. The van der Waals surface area contributed by atoms with Gasteiger partial charge in [0.1, 0.15) is 0 Å². The van der Waals surface area contributed by atoms with Gasteiger partial charge in [-0.3, -0.25) is 0 Å². The molecule has 6 heteroatoms. The van der Waals surface area contributed by atoms with E-state index >= 15 is 0 Å². The van der Waals surface area contributed by atoms with Crippen LogP contribution < -0.4 is 4.90 Å². The monoisotopic (exact) mass is 604 g/mol. The summed E-state index contributed by atoms with van der Waals surface area (Å²) in [6.45, 7) is 8.97. The van der Waals surface area contributed by atoms with Crippen LogP contribution in [0.1, 0.15) is 57.6 Å². The van der Waals surface area contributed by atoms with Crippen LogP contribution in [0.4, 0.5) is 5.69 Å². The lowest BCUT2D eigenvalue weighted by Gasteiger charge is -2.39. The Bertz CT molecular complexity index is 1990. The zero-order valence-electron chi connectivity index (χ0n) is 25.8. The van der Waals surface area contributed by atoms with Crippen molar-refractivity contribution in [1.82, 2.24) is 4.57 Å². The van der Waals surface area contributed by atoms with Gasteiger partial charge in [-0.1, -0.05) is 88.6 Å². The van der Waals surface area contributed by atoms with Gasteiger partial charge < -0.3 is 14.2 Å². The number of hydrogen-bond donors (Lipinski definition) is 0. The summed E-state index contributed by atoms with van der Waals surface area (Å²) < 4.78 is 36.1. The molecule has 0 bridgehead atoms. The van der Waals surface area contributed by atoms with Gasteiger partial charge in [0.05, 0.1) is 16.4 Å². The molecule has 3 heterocycles. The van der Waals surface area contributed by atoms with Gasteiger partial charge in [0, 0.05) is 46.0 Å². The molecule has 2 aliphatic heterocycles. The zero-order valence-corrected chi connectivity index (χ0v) is 26.6. The Balaban J connectivity index is 1.25. The number of benzene rings is 4. The maximum atomic E-state index is 13.5. The maximum Gasteiger partial charge on any atom is 0.206 e. The molecule has 5 aromatic rings. The molecule has 1 aromatic heterocycles. The maximum absolute atomic E-state index is 13.5. The number of ether oxygens (including phenoxy) is 1. The molecule has 1 fully saturated rings. The summed E-state index contributed by atoms with van der Waals surface area (Å²) >= 11 is 0. The molecule has 0 amide bonds. The summed E-state index contributed by atoms with van der Waals surface area (Å²) in [5, 5.41) is 2.55. The molecule has 0 aliphatic carbocycles. The van der Waals surface area contributed by atoms with E-state index in [2.05, 4.69) is 84.9 Å². The lowest BCUT2D eigenvalue weighted by atomic mass is 9.77. The first-order valence-corrected chi connectivity index (χ1v) is 17.3. The Morgan fingerprint density at radius 2 is 1.59 bits per heavy atom. The summed E-state index contributed by atoms with van der Waals surface area (Å²) in [7, 11) is -3.63. The highest BCUT2D eigenvalue weighted by Gasteiger charge is 2.59. The van der Waals surface area contributed by atoms with E-state index in [0.717, 1.165) is 29.9 Å². The van der Waals surface area contributed by atoms with Crippen LogP contribution in [0.2, 0.25) is 0 Å². The van der Waals surface area contributed by atoms with Crippen molar-refractivity contribution in [2.24, 2.45) is 0 Å². The molecular formula is C38H40N2O3S. The quantitative estimate of drug-likeness (QED) is 0.158. The normalized spacial score (nSPS) is 19.3. The molecule has 1 atom stereocenters. The van der Waals surface area contributed by atoms with Crippen molar-refractivity contribution in [3.8, 4) is 0 Å². The van der Waals surface area contributed by atoms with Gasteiger partial charge in [0.2, 0.25) is 9.84 Å². The first kappa shape index (κ1) is 28.9. The molecular weight excluding hydrogens is 564 g/mol. The molecule has 0 spiro atoms. The molecule has 1 saturated heterocycles. The Hall–Kier alpha value is -3.87. The van der Waals surface area contributed by atoms with Gasteiger partial charge in [-0.2, -0.15) is 0 Å². The van der Waals surface area contributed by atoms with Crippen LogP contribution in [0.3, 0.4) is 0 Å². The highest BCUT2D eigenvalue weighted by Crippen LogP contribution is 2.55. The average molecular weight is 605 g/mol. The standard InChI is InChI=1S/C38H40N2O3S/c1-4-5-6-12-23-39-34-16-11-10-15-31(34)32-26-28(17-19-35(32)39)21-22-38-37(2,3)33-27-30(18-20-36(33)40(38)24-25-43-38)44(41,42)29-13-8-7-9-14-29/h7-11,13-22,26-27H,4-6,12,23-25H2,1-3H3. The summed E-state index contributed by atoms with van der Waals surface area (Å²) in [6, 6.07) is 29.7. The Morgan fingerprint density at radius 1 is 0.818 bits per heavy atom. The fraction of sp³-hybridized carbons (Fsp3) is 0.316. The largest absolute Gasteiger partial charge is 0.349 e. The predicted octanol–water partition coefficient (Wildman–Crippen LogP) is 8.75. The van der Waals surface area contributed by atoms with E-state index in [-0.39, 0.29) is 0 Å². The van der Waals surface area contributed by atoms with Crippen LogP contribution in [0.25, 0.3) is 27.9 Å². The summed E-state index contributed by atoms with van der Waals surface area (Å²) in [4.78, 5) is 2.92. The van der Waals surface area contributed by atoms with E-state index in [1.165, 1.54) is 47.5 Å². The summed E-state index contributed by atoms with van der Waals surface area (Å²) in [6.07, 6.45) is 9.32. The molecule has 0 saturated carbocycles. The second-order valence-corrected chi connectivity index (χ2v) is 14.6. The number of para-hydroxylation sites is 1. The predicted molar refractivity (Wildman–Crippen MR) is 180 cm³/mol. The van der Waals surface area contributed by atoms with E-state index < -0.39 is 21.0 Å². The highest BCUT2D eigenvalue weighted by molar-refractivity contribution is 7.91. The molecule has 7 rings (SSSR count). The third-order valence-electron chi connectivity index (χ3n) is 9.76. The molecule has 1 unspecified atom stereocenters. The number of anilines is 1. The fourth-order valence-corrected chi connectivity index (χ4v) is 8.68. The third kappa shape index (κ3) is 4.41. The number of fused-ring (bicyclic) bond motifs is 6. The topological polar surface area (TPSA) is 51.5 Å². The van der Waals surface area contributed by atoms with E-state index in [1.54, 1.807) is 30.3 Å². The Morgan fingerprint density at radius 3 is 2.41 bits per heavy atom. The van der Waals surface area contributed by atoms with E-state index in [1.807, 2.05) is 18.2 Å². The van der Waals surface area contributed by atoms with Crippen molar-refractivity contribution < 1.29 is 13.2 Å². The molecule has 0 radical (unpaired) electrons. The number of nitrogens with zero attached hydrogens (tertiary/aromatic N) is 2. The summed E-state index contributed by atoms with van der Waals surface area (Å²) in [5.74, 6) is 0. The van der Waals surface area contributed by atoms with Crippen molar-refractivity contribution >= 4 is 43.4 Å². The lowest BCUT2D eigenvalue weighted by molar-refractivity contribution is 0.000294. The molecule has 2 aliphatic rings. The average Bonchev–Trinajstić information content (AvgIpc) is 3.67. The van der Waals surface area contributed by atoms with Crippen LogP contribution in [-0.2, 0) is 26.5 Å². The van der Waals surface area contributed by atoms with Crippen LogP contribution >= 0.6 is 0 Å². The van der Waals surface area contributed by atoms with Gasteiger partial charge in [0.25, 0.3) is 0 Å². The number of rotatable bonds is 9. The van der Waals surface area contributed by atoms with Crippen LogP contribution in [0.5, 0.6) is 0 Å². The van der Waals surface area contributed by atoms with Crippen molar-refractivity contribution in [2.45, 2.75) is 73.9 Å². The number of aryl methyl sites for hydroxylation is 1. The summed E-state index contributed by atoms with van der Waals surface area (Å²) in [5.41, 5.74) is 4.50. The van der Waals surface area contributed by atoms with Crippen LogP contribution in [-0.4, -0.2) is 31.9 Å². The van der Waals surface area contributed by atoms with Crippen LogP contribution in [0, 0.1) is 0 Å². The van der Waals surface area contributed by atoms with E-state index in [9.17, 15) is 8.42 Å². The highest BCUT2D eigenvalue weighted by atomic mass is 32.2. The van der Waals surface area contributed by atoms with Gasteiger partial charge >= 0.3 is 0 Å². The van der Waals surface area contributed by atoms with Crippen molar-refractivity contribution in [3.05, 3.63) is 108 Å². The van der Waals surface area contributed by atoms with Crippen molar-refractivity contribution in [1.29, 1.82) is 0 Å². The second kappa shape index (κ2) is 10.9. The van der Waals surface area contributed by atoms with Crippen molar-refractivity contribution in [3.63, 3.8) is 0 Å². The fourth-order valence-electron chi connectivity index (χ4n) is 7.37. The molecule has 5 nitrogen and oxygen atoms in total. The van der Waals surface area contributed by atoms with Gasteiger partial charge in [-0.05, 0) is 72.2 Å². The van der Waals surface area contributed by atoms with Gasteiger partial charge in [-0.25, -0.2) is 8.42 Å². The van der Waals surface area contributed by atoms with Crippen LogP contribution in [0.15, 0.2) is 107 Å². The third-order valence-corrected chi connectivity index (χ3v) is 11.5. The van der Waals surface area contributed by atoms with E-state index in [0.29, 0.717) is 16.4 Å². The Labute approximate surface area is 260 Å². The lowest BCUT2D eigenvalue weighted by Crippen LogP contribution is -2.51. The number of sulfone groups is 1. The number of unbranched alkanes of at least 4 members (excludes halogenated alkanes) is 3. The number of hydrogen-bond acceptors (Lipinski definition) is 4. The van der Waals surface area contributed by atoms with Gasteiger partial charge in [-0.15, -0.1) is 0 Å². The van der Waals surface area contributed by atoms with E-state index in [4.69, 9.17) is 4.74 Å². The minimum atomic E-state index is -3.63. The molecule has 0 N–H and O–H groups in total. The first-order chi connectivity index (χ1) is 21.3. The van der Waals surface area contributed by atoms with Gasteiger partial charge in [0.15, 0.2) is 5.72 Å². The molecule has 226 valence electrons. The minimum absolute atomic E-state index is 0.305. The molecule has 4 aromatic carbocycles. The minimum Gasteiger partial charge on any atom is -0.349 e. The zero-order chi connectivity index (χ0) is 30.5.